The molecule has 6 nitrogen and oxygen atoms in total. The first-order valence-corrected chi connectivity index (χ1v) is 11.6. The number of piperidine rings is 1. The van der Waals surface area contributed by atoms with Crippen molar-refractivity contribution in [2.24, 2.45) is 5.41 Å². The molecule has 1 amide bonds. The van der Waals surface area contributed by atoms with Crippen LogP contribution in [0.15, 0.2) is 0 Å². The molecular weight excluding hydrogens is 388 g/mol. The first-order valence-electron chi connectivity index (χ1n) is 10.8. The number of aliphatic hydroxyl groups excluding tert-OH is 1. The van der Waals surface area contributed by atoms with E-state index >= 15 is 0 Å². The zero-order chi connectivity index (χ0) is 21.0. The second-order valence-electron chi connectivity index (χ2n) is 10.0. The maximum atomic E-state index is 12.9. The Bertz CT molecular complexity index is 784. The van der Waals surface area contributed by atoms with Crippen molar-refractivity contribution >= 4 is 17.2 Å². The van der Waals surface area contributed by atoms with E-state index in [0.717, 1.165) is 61.7 Å². The number of nitrogens with zero attached hydrogens (tertiary/aromatic N) is 2. The fourth-order valence-electron chi connectivity index (χ4n) is 5.31. The van der Waals surface area contributed by atoms with Gasteiger partial charge in [-0.3, -0.25) is 4.79 Å². The Hall–Kier alpha value is -1.02. The van der Waals surface area contributed by atoms with E-state index in [-0.39, 0.29) is 23.0 Å². The number of hydrogen-bond donors (Lipinski definition) is 1. The number of thiazole rings is 1. The van der Waals surface area contributed by atoms with Gasteiger partial charge in [-0.2, -0.15) is 0 Å². The third kappa shape index (κ3) is 3.87. The Kier molecular flexibility index (Phi) is 5.33. The van der Waals surface area contributed by atoms with Gasteiger partial charge >= 0.3 is 0 Å². The molecule has 3 fully saturated rings. The van der Waals surface area contributed by atoms with Crippen LogP contribution < -0.4 is 0 Å². The number of aromatic nitrogens is 1. The maximum Gasteiger partial charge on any atom is 0.273 e. The van der Waals surface area contributed by atoms with Crippen LogP contribution >= 0.6 is 11.3 Å². The highest BCUT2D eigenvalue weighted by atomic mass is 32.1. The number of rotatable bonds is 2. The van der Waals surface area contributed by atoms with Crippen molar-refractivity contribution in [3.63, 3.8) is 0 Å². The lowest BCUT2D eigenvalue weighted by atomic mass is 9.73. The van der Waals surface area contributed by atoms with Crippen molar-refractivity contribution < 1.29 is 19.4 Å². The fraction of sp³-hybridized carbons (Fsp3) is 0.818. The lowest BCUT2D eigenvalue weighted by Crippen LogP contribution is -2.56. The summed E-state index contributed by atoms with van der Waals surface area (Å²) in [6.07, 6.45) is 4.04. The topological polar surface area (TPSA) is 71.9 Å². The van der Waals surface area contributed by atoms with Gasteiger partial charge in [-0.25, -0.2) is 4.98 Å². The minimum absolute atomic E-state index is 0.0416. The fourth-order valence-corrected chi connectivity index (χ4v) is 6.12. The van der Waals surface area contributed by atoms with E-state index in [0.29, 0.717) is 5.69 Å². The van der Waals surface area contributed by atoms with Gasteiger partial charge in [0.2, 0.25) is 0 Å². The Morgan fingerprint density at radius 2 is 1.90 bits per heavy atom. The van der Waals surface area contributed by atoms with Gasteiger partial charge in [-0.1, -0.05) is 0 Å². The second-order valence-corrected chi connectivity index (χ2v) is 11.4. The monoisotopic (exact) mass is 422 g/mol. The number of aryl methyl sites for hydroxylation is 2. The quantitative estimate of drug-likeness (QED) is 0.790. The first kappa shape index (κ1) is 21.2. The molecule has 4 rings (SSSR count). The summed E-state index contributed by atoms with van der Waals surface area (Å²) in [6.45, 7) is 12.2. The lowest BCUT2D eigenvalue weighted by molar-refractivity contribution is -0.245. The number of hydrogen-bond acceptors (Lipinski definition) is 6. The van der Waals surface area contributed by atoms with E-state index in [1.54, 1.807) is 11.3 Å². The Morgan fingerprint density at radius 1 is 1.21 bits per heavy atom. The van der Waals surface area contributed by atoms with Gasteiger partial charge in [0.25, 0.3) is 5.91 Å². The number of ether oxygens (including phenoxy) is 2. The third-order valence-corrected chi connectivity index (χ3v) is 8.21. The summed E-state index contributed by atoms with van der Waals surface area (Å²) >= 11 is 1.59. The molecule has 0 aromatic carbocycles. The predicted molar refractivity (Wildman–Crippen MR) is 112 cm³/mol. The largest absolute Gasteiger partial charge is 0.390 e. The van der Waals surface area contributed by atoms with Gasteiger partial charge in [0.1, 0.15) is 5.69 Å². The summed E-state index contributed by atoms with van der Waals surface area (Å²) in [4.78, 5) is 20.3. The molecule has 3 atom stereocenters. The number of aliphatic hydroxyl groups is 1. The average molecular weight is 423 g/mol. The molecule has 1 aromatic heterocycles. The van der Waals surface area contributed by atoms with E-state index in [9.17, 15) is 9.90 Å². The summed E-state index contributed by atoms with van der Waals surface area (Å²) in [6, 6.07) is 0. The van der Waals surface area contributed by atoms with Crippen molar-refractivity contribution in [1.82, 2.24) is 9.88 Å². The smallest absolute Gasteiger partial charge is 0.273 e. The van der Waals surface area contributed by atoms with Gasteiger partial charge < -0.3 is 19.5 Å². The highest BCUT2D eigenvalue weighted by molar-refractivity contribution is 7.11. The van der Waals surface area contributed by atoms with Crippen LogP contribution in [0.25, 0.3) is 0 Å². The minimum Gasteiger partial charge on any atom is -0.390 e. The standard InChI is InChI=1S/C22H34N2O4S/c1-14-18(23-15(2)29-14)19(26)24-10-8-22(9-11-24)12-17(27-13-22)21(5)7-6-16(25)20(3,4)28-21/h16-17,25H,6-13H2,1-5H3/t16-,17+,21+/m0/s1. The molecule has 3 aliphatic heterocycles. The van der Waals surface area contributed by atoms with Crippen molar-refractivity contribution in [1.29, 1.82) is 0 Å². The van der Waals surface area contributed by atoms with Crippen LogP contribution in [-0.2, 0) is 9.47 Å². The van der Waals surface area contributed by atoms with Crippen molar-refractivity contribution in [3.05, 3.63) is 15.6 Å². The molecular formula is C22H34N2O4S. The molecule has 1 spiro atoms. The Labute approximate surface area is 177 Å². The zero-order valence-corrected chi connectivity index (χ0v) is 19.1. The summed E-state index contributed by atoms with van der Waals surface area (Å²) in [7, 11) is 0. The van der Waals surface area contributed by atoms with Crippen LogP contribution in [0.1, 0.15) is 73.2 Å². The molecule has 1 N–H and O–H groups in total. The van der Waals surface area contributed by atoms with Gasteiger partial charge in [-0.05, 0) is 72.1 Å². The second kappa shape index (κ2) is 7.29. The van der Waals surface area contributed by atoms with Crippen LogP contribution in [0.3, 0.4) is 0 Å². The number of carbonyl (C=O) groups is 1. The normalized spacial score (nSPS) is 33.9. The number of likely N-dealkylation sites (tertiary alicyclic amines) is 1. The Balaban J connectivity index is 1.39. The van der Waals surface area contributed by atoms with Gasteiger partial charge in [0, 0.05) is 18.0 Å². The van der Waals surface area contributed by atoms with E-state index in [2.05, 4.69) is 11.9 Å². The van der Waals surface area contributed by atoms with Crippen LogP contribution in [0.4, 0.5) is 0 Å². The molecule has 0 unspecified atom stereocenters. The van der Waals surface area contributed by atoms with Gasteiger partial charge in [0.05, 0.1) is 35.0 Å². The minimum atomic E-state index is -0.550. The SMILES string of the molecule is Cc1nc(C(=O)N2CCC3(CC2)CO[C@@H]([C@@]2(C)CC[C@H](O)C(C)(C)O2)C3)c(C)s1. The van der Waals surface area contributed by atoms with E-state index in [1.807, 2.05) is 32.6 Å². The highest BCUT2D eigenvalue weighted by Gasteiger charge is 2.53. The molecule has 162 valence electrons. The van der Waals surface area contributed by atoms with E-state index in [4.69, 9.17) is 9.47 Å². The van der Waals surface area contributed by atoms with Crippen molar-refractivity contribution in [3.8, 4) is 0 Å². The van der Waals surface area contributed by atoms with E-state index in [1.165, 1.54) is 0 Å². The average Bonchev–Trinajstić information content (AvgIpc) is 3.22. The predicted octanol–water partition coefficient (Wildman–Crippen LogP) is 3.48. The molecule has 29 heavy (non-hydrogen) atoms. The highest BCUT2D eigenvalue weighted by Crippen LogP contribution is 2.49. The molecule has 7 heteroatoms. The first-order chi connectivity index (χ1) is 13.5. The molecule has 4 heterocycles. The Morgan fingerprint density at radius 3 is 2.48 bits per heavy atom. The van der Waals surface area contributed by atoms with Gasteiger partial charge in [0.15, 0.2) is 0 Å². The van der Waals surface area contributed by atoms with Crippen LogP contribution in [-0.4, -0.2) is 64.0 Å². The summed E-state index contributed by atoms with van der Waals surface area (Å²) in [5, 5.41) is 11.2. The summed E-state index contributed by atoms with van der Waals surface area (Å²) in [5.41, 5.74) is -0.172. The molecule has 3 aliphatic rings. The number of amides is 1. The molecule has 1 aromatic rings. The zero-order valence-electron chi connectivity index (χ0n) is 18.3. The summed E-state index contributed by atoms with van der Waals surface area (Å²) < 4.78 is 12.7. The van der Waals surface area contributed by atoms with Crippen molar-refractivity contribution in [2.75, 3.05) is 19.7 Å². The maximum absolute atomic E-state index is 12.9. The van der Waals surface area contributed by atoms with Crippen LogP contribution in [0.2, 0.25) is 0 Å². The summed E-state index contributed by atoms with van der Waals surface area (Å²) in [5.74, 6) is 0.0653. The lowest BCUT2D eigenvalue weighted by Gasteiger charge is -2.48. The molecule has 0 saturated carbocycles. The third-order valence-electron chi connectivity index (χ3n) is 7.32. The molecule has 0 radical (unpaired) electrons. The molecule has 0 bridgehead atoms. The van der Waals surface area contributed by atoms with Crippen molar-refractivity contribution in [2.45, 2.75) is 90.1 Å². The molecule has 3 saturated heterocycles. The molecule has 0 aliphatic carbocycles. The number of carbonyl (C=O) groups excluding carboxylic acids is 1. The van der Waals surface area contributed by atoms with Gasteiger partial charge in [-0.15, -0.1) is 11.3 Å². The van der Waals surface area contributed by atoms with E-state index < -0.39 is 11.7 Å². The van der Waals surface area contributed by atoms with Crippen LogP contribution in [0.5, 0.6) is 0 Å². The van der Waals surface area contributed by atoms with Crippen LogP contribution in [0, 0.1) is 19.3 Å².